The number of rotatable bonds is 13. The Morgan fingerprint density at radius 1 is 0.485 bits per heavy atom. The Morgan fingerprint density at radius 2 is 0.970 bits per heavy atom. The van der Waals surface area contributed by atoms with Gasteiger partial charge in [0.15, 0.2) is 0 Å². The van der Waals surface area contributed by atoms with Crippen LogP contribution >= 0.6 is 0 Å². The van der Waals surface area contributed by atoms with Crippen LogP contribution in [0.4, 0.5) is 0 Å². The van der Waals surface area contributed by atoms with Gasteiger partial charge in [0, 0.05) is 81.2 Å². The van der Waals surface area contributed by atoms with Crippen LogP contribution in [0.1, 0.15) is 145 Å². The average Bonchev–Trinajstić information content (AvgIpc) is 0.866. The third-order valence-corrected chi connectivity index (χ3v) is 19.1. The molecule has 2 aliphatic heterocycles. The maximum atomic E-state index is 15.0. The number of likely N-dealkylation sites (N-methyl/N-ethyl adjacent to an activating group) is 5. The first kappa shape index (κ1) is 82.9. The third-order valence-electron chi connectivity index (χ3n) is 19.1. The number of hydrogen-bond acceptors (Lipinski definition) is 14. The summed E-state index contributed by atoms with van der Waals surface area (Å²) in [6.07, 6.45) is 0.715. The molecule has 0 saturated carbocycles. The van der Waals surface area contributed by atoms with Gasteiger partial charge in [-0.1, -0.05) is 122 Å². The molecule has 0 spiro atoms. The van der Waals surface area contributed by atoms with Gasteiger partial charge < -0.3 is 71.3 Å². The summed E-state index contributed by atoms with van der Waals surface area (Å²) in [5.74, 6) is -10.5. The van der Waals surface area contributed by atoms with Crippen LogP contribution in [0.5, 0.6) is 0 Å². The molecule has 27 nitrogen and oxygen atoms in total. The molecule has 2 aliphatic rings. The number of likely N-dealkylation sites (tertiary alicyclic amines) is 1. The first-order chi connectivity index (χ1) is 46.5. The molecule has 550 valence electrons. The van der Waals surface area contributed by atoms with Crippen molar-refractivity contribution in [2.75, 3.05) is 68.5 Å². The van der Waals surface area contributed by atoms with Gasteiger partial charge in [-0.05, 0) is 94.1 Å². The molecule has 99 heavy (non-hydrogen) atoms. The van der Waals surface area contributed by atoms with Gasteiger partial charge in [-0.2, -0.15) is 0 Å². The highest BCUT2D eigenvalue weighted by Crippen LogP contribution is 2.21. The maximum Gasteiger partial charge on any atom is 0.248 e. The molecule has 2 aromatic carbocycles. The van der Waals surface area contributed by atoms with E-state index in [1.54, 1.807) is 93.3 Å². The molecule has 0 bridgehead atoms. The van der Waals surface area contributed by atoms with Gasteiger partial charge >= 0.3 is 0 Å². The number of aliphatic hydroxyl groups excluding tert-OH is 1. The monoisotopic (exact) mass is 1380 g/mol. The largest absolute Gasteiger partial charge is 0.391 e. The van der Waals surface area contributed by atoms with Crippen molar-refractivity contribution in [3.05, 3.63) is 71.8 Å². The summed E-state index contributed by atoms with van der Waals surface area (Å²) < 4.78 is 0. The van der Waals surface area contributed by atoms with E-state index in [1.165, 1.54) is 82.7 Å². The highest BCUT2D eigenvalue weighted by molar-refractivity contribution is 6.00. The summed E-state index contributed by atoms with van der Waals surface area (Å²) in [7, 11) is 8.41. The Balaban J connectivity index is 1.81. The second kappa shape index (κ2) is 39.3. The van der Waals surface area contributed by atoms with Crippen molar-refractivity contribution in [1.82, 2.24) is 66.2 Å². The van der Waals surface area contributed by atoms with Crippen LogP contribution in [0.3, 0.4) is 0 Å². The molecule has 2 aromatic rings. The first-order valence-corrected chi connectivity index (χ1v) is 34.9. The molecule has 13 amide bonds. The van der Waals surface area contributed by atoms with E-state index < -0.39 is 168 Å². The fraction of sp³-hybridized carbons (Fsp3) is 0.653. The minimum atomic E-state index is -1.69. The number of nitrogens with one attached hydrogen (secondary N) is 6. The van der Waals surface area contributed by atoms with Gasteiger partial charge in [0.2, 0.25) is 76.8 Å². The Bertz CT molecular complexity index is 3090. The van der Waals surface area contributed by atoms with Crippen molar-refractivity contribution in [2.24, 2.45) is 23.7 Å². The van der Waals surface area contributed by atoms with Crippen LogP contribution in [-0.4, -0.2) is 251 Å². The predicted molar refractivity (Wildman–Crippen MR) is 374 cm³/mol. The molecular weight excluding hydrogens is 1270 g/mol. The van der Waals surface area contributed by atoms with E-state index in [-0.39, 0.29) is 56.9 Å². The van der Waals surface area contributed by atoms with Crippen molar-refractivity contribution in [1.29, 1.82) is 0 Å². The van der Waals surface area contributed by atoms with E-state index in [2.05, 4.69) is 31.9 Å². The van der Waals surface area contributed by atoms with Crippen molar-refractivity contribution in [3.63, 3.8) is 0 Å². The molecule has 27 heteroatoms. The highest BCUT2D eigenvalue weighted by atomic mass is 16.3. The second-order valence-corrected chi connectivity index (χ2v) is 28.1. The molecule has 0 aromatic heterocycles. The summed E-state index contributed by atoms with van der Waals surface area (Å²) in [6, 6.07) is 4.47. The summed E-state index contributed by atoms with van der Waals surface area (Å²) in [6.45, 7) is 18.6. The molecule has 2 heterocycles. The standard InChI is InChI=1S/C72H113N13O14/c1-18-46(8)61-68(95)75-53(70(97)85-35-26-21-27-36-85)41-58(88)79(12)34-28-33-57(87)80(13)47(9)63(90)74-52(39-50-29-22-19-23-30-50)69(96)83(16)55(38-44(4)5)66(93)76-60(45(6)7)71(98)84(17)54(37-43(2)3)65(92)73-42-59(89)82(15)56(40-51-31-24-20-25-32-51)67(94)78-62(49(11)86)72(99)81(14)48(10)64(91)77-61/h19-20,22-25,29-32,43-49,52-56,60-62,86H,18,21,26-28,33-42H2,1-17H3,(H,73,92)(H,74,90)(H,75,95)(H,76,93)(H,77,91)(H,78,94)/t46-,47-,48-,49+,52-,53-,54-,55-,56-,60-,61-,62-/m0/s1. The van der Waals surface area contributed by atoms with Gasteiger partial charge in [0.1, 0.15) is 60.4 Å². The lowest BCUT2D eigenvalue weighted by molar-refractivity contribution is -0.147. The van der Waals surface area contributed by atoms with E-state index in [0.717, 1.165) is 16.2 Å². The van der Waals surface area contributed by atoms with Crippen molar-refractivity contribution >= 4 is 76.8 Å². The van der Waals surface area contributed by atoms with Crippen molar-refractivity contribution < 1.29 is 67.4 Å². The molecule has 0 aliphatic carbocycles. The quantitative estimate of drug-likeness (QED) is 0.151. The minimum absolute atomic E-state index is 0.00791. The zero-order valence-corrected chi connectivity index (χ0v) is 61.4. The molecule has 7 N–H and O–H groups in total. The lowest BCUT2D eigenvalue weighted by Crippen LogP contribution is -2.62. The third kappa shape index (κ3) is 24.1. The van der Waals surface area contributed by atoms with Crippen molar-refractivity contribution in [2.45, 2.75) is 213 Å². The zero-order chi connectivity index (χ0) is 74.3. The number of benzene rings is 2. The van der Waals surface area contributed by atoms with Gasteiger partial charge in [0.05, 0.1) is 19.1 Å². The van der Waals surface area contributed by atoms with Crippen LogP contribution < -0.4 is 31.9 Å². The topological polar surface area (TPSA) is 337 Å². The summed E-state index contributed by atoms with van der Waals surface area (Å²) in [4.78, 5) is 197. The normalized spacial score (nSPS) is 25.9. The molecule has 2 saturated heterocycles. The van der Waals surface area contributed by atoms with Crippen LogP contribution in [0.25, 0.3) is 0 Å². The average molecular weight is 1380 g/mol. The Hall–Kier alpha value is -8.49. The molecule has 4 rings (SSSR count). The Labute approximate surface area is 585 Å². The smallest absolute Gasteiger partial charge is 0.248 e. The SMILES string of the molecule is CC[C@H](C)[C@@H]1NC(=O)[C@H](C)N(C)C(=O)[C@H]([C@@H](C)O)NC(=O)[C@H](Cc2ccccc2)N(C)C(=O)CNC(=O)[C@H](CC(C)C)N(C)C(=O)[C@H](C(C)C)NC(=O)[C@H](CC(C)C)N(C)C(=O)[C@H](Cc2ccccc2)NC(=O)[C@H](C)N(C)C(=O)CCCN(C)C(=O)C[C@@H](C(=O)N2CCCCC2)NC1=O. The van der Waals surface area contributed by atoms with E-state index >= 15 is 0 Å². The molecule has 0 radical (unpaired) electrons. The number of nitrogens with zero attached hydrogens (tertiary/aromatic N) is 7. The first-order valence-electron chi connectivity index (χ1n) is 34.9. The number of hydrogen-bond donors (Lipinski definition) is 7. The highest BCUT2D eigenvalue weighted by Gasteiger charge is 2.42. The maximum absolute atomic E-state index is 15.0. The fourth-order valence-electron chi connectivity index (χ4n) is 12.0. The Kier molecular flexibility index (Phi) is 33.0. The molecule has 2 fully saturated rings. The number of carbonyl (C=O) groups excluding carboxylic acids is 13. The number of piperidine rings is 1. The van der Waals surface area contributed by atoms with E-state index in [9.17, 15) is 67.4 Å². The Morgan fingerprint density at radius 3 is 1.51 bits per heavy atom. The lowest BCUT2D eigenvalue weighted by atomic mass is 9.96. The van der Waals surface area contributed by atoms with E-state index in [0.29, 0.717) is 43.5 Å². The van der Waals surface area contributed by atoms with Gasteiger partial charge in [0.25, 0.3) is 0 Å². The molecular formula is C72H113N13O14. The van der Waals surface area contributed by atoms with E-state index in [1.807, 2.05) is 27.7 Å². The summed E-state index contributed by atoms with van der Waals surface area (Å²) in [5.41, 5.74) is 1.28. The summed E-state index contributed by atoms with van der Waals surface area (Å²) in [5, 5.41) is 27.7. The van der Waals surface area contributed by atoms with Gasteiger partial charge in [-0.3, -0.25) is 62.3 Å². The fourth-order valence-corrected chi connectivity index (χ4v) is 12.0. The number of amides is 13. The summed E-state index contributed by atoms with van der Waals surface area (Å²) >= 11 is 0. The van der Waals surface area contributed by atoms with Crippen LogP contribution in [0.2, 0.25) is 0 Å². The van der Waals surface area contributed by atoms with Gasteiger partial charge in [-0.15, -0.1) is 0 Å². The zero-order valence-electron chi connectivity index (χ0n) is 61.4. The number of aliphatic hydroxyl groups is 1. The lowest BCUT2D eigenvalue weighted by Gasteiger charge is -2.36. The molecule has 0 unspecified atom stereocenters. The van der Waals surface area contributed by atoms with Crippen molar-refractivity contribution in [3.8, 4) is 0 Å². The molecule has 12 atom stereocenters. The van der Waals surface area contributed by atoms with Gasteiger partial charge in [-0.25, -0.2) is 0 Å². The van der Waals surface area contributed by atoms with Crippen LogP contribution in [0.15, 0.2) is 60.7 Å². The van der Waals surface area contributed by atoms with E-state index in [4.69, 9.17) is 0 Å². The second-order valence-electron chi connectivity index (χ2n) is 28.1. The predicted octanol–water partition coefficient (Wildman–Crippen LogP) is 2.02. The van der Waals surface area contributed by atoms with Crippen LogP contribution in [0, 0.1) is 23.7 Å². The minimum Gasteiger partial charge on any atom is -0.391 e. The van der Waals surface area contributed by atoms with Crippen LogP contribution in [-0.2, 0) is 75.2 Å². The number of carbonyl (C=O) groups is 13.